The lowest BCUT2D eigenvalue weighted by Crippen LogP contribution is -2.46. The van der Waals surface area contributed by atoms with Crippen LogP contribution in [0.4, 0.5) is 0 Å². The van der Waals surface area contributed by atoms with Gasteiger partial charge in [-0.05, 0) is 29.7 Å². The van der Waals surface area contributed by atoms with Crippen molar-refractivity contribution in [2.45, 2.75) is 24.9 Å². The molecule has 1 aromatic heterocycles. The topological polar surface area (TPSA) is 144 Å². The molecule has 8 nitrogen and oxygen atoms in total. The molecular weight excluding hydrogens is 372 g/mol. The molecule has 8 heteroatoms. The number of hydrogen-bond acceptors (Lipinski definition) is 6. The Bertz CT molecular complexity index is 970. The summed E-state index contributed by atoms with van der Waals surface area (Å²) in [5.41, 5.74) is 13.3. The van der Waals surface area contributed by atoms with Gasteiger partial charge in [0.15, 0.2) is 5.69 Å². The molecule has 0 spiro atoms. The van der Waals surface area contributed by atoms with Crippen molar-refractivity contribution in [3.8, 4) is 5.75 Å². The lowest BCUT2D eigenvalue weighted by Gasteiger charge is -2.14. The molecule has 2 amide bonds. The molecule has 6 N–H and O–H groups in total. The van der Waals surface area contributed by atoms with Gasteiger partial charge in [-0.2, -0.15) is 0 Å². The molecular formula is C21H22N4O4. The van der Waals surface area contributed by atoms with Crippen LogP contribution in [0.5, 0.6) is 5.75 Å². The van der Waals surface area contributed by atoms with Crippen LogP contribution in [0.1, 0.15) is 33.5 Å². The highest BCUT2D eigenvalue weighted by molar-refractivity contribution is 5.95. The summed E-state index contributed by atoms with van der Waals surface area (Å²) in [6.07, 6.45) is 1.88. The quantitative estimate of drug-likeness (QED) is 0.455. The normalized spacial score (nSPS) is 12.9. The molecule has 0 saturated heterocycles. The summed E-state index contributed by atoms with van der Waals surface area (Å²) in [7, 11) is 0. The summed E-state index contributed by atoms with van der Waals surface area (Å²) < 4.78 is 5.34. The average molecular weight is 394 g/mol. The summed E-state index contributed by atoms with van der Waals surface area (Å²) in [5, 5.41) is 11.9. The largest absolute Gasteiger partial charge is 0.508 e. The number of aromatic nitrogens is 1. The van der Waals surface area contributed by atoms with E-state index in [1.807, 2.05) is 30.3 Å². The van der Waals surface area contributed by atoms with Crippen molar-refractivity contribution in [1.29, 1.82) is 0 Å². The Hall–Kier alpha value is -3.65. The van der Waals surface area contributed by atoms with E-state index in [-0.39, 0.29) is 23.8 Å². The number of hydrogen-bond donors (Lipinski definition) is 4. The van der Waals surface area contributed by atoms with Crippen LogP contribution in [0, 0.1) is 0 Å². The molecule has 3 aromatic rings. The molecule has 2 aromatic carbocycles. The number of primary amides is 1. The number of aromatic hydroxyl groups is 1. The smallest absolute Gasteiger partial charge is 0.273 e. The maximum atomic E-state index is 12.5. The molecule has 0 aliphatic rings. The summed E-state index contributed by atoms with van der Waals surface area (Å²) >= 11 is 0. The van der Waals surface area contributed by atoms with Gasteiger partial charge in [0.25, 0.3) is 5.91 Å². The first-order valence-corrected chi connectivity index (χ1v) is 9.05. The Balaban J connectivity index is 1.64. The van der Waals surface area contributed by atoms with Gasteiger partial charge in [0.05, 0.1) is 6.04 Å². The van der Waals surface area contributed by atoms with Gasteiger partial charge in [0, 0.05) is 6.42 Å². The van der Waals surface area contributed by atoms with Crippen LogP contribution in [0.3, 0.4) is 0 Å². The zero-order valence-electron chi connectivity index (χ0n) is 15.6. The van der Waals surface area contributed by atoms with Crippen LogP contribution < -0.4 is 16.8 Å². The van der Waals surface area contributed by atoms with E-state index in [1.54, 1.807) is 24.3 Å². The van der Waals surface area contributed by atoms with Gasteiger partial charge in [0.2, 0.25) is 11.8 Å². The van der Waals surface area contributed by atoms with Crippen molar-refractivity contribution in [3.05, 3.63) is 83.6 Å². The average Bonchev–Trinajstić information content (AvgIpc) is 3.20. The van der Waals surface area contributed by atoms with Crippen LogP contribution in [0.25, 0.3) is 0 Å². The zero-order chi connectivity index (χ0) is 20.8. The highest BCUT2D eigenvalue weighted by Crippen LogP contribution is 2.18. The third kappa shape index (κ3) is 5.43. The summed E-state index contributed by atoms with van der Waals surface area (Å²) in [6, 6.07) is 14.4. The van der Waals surface area contributed by atoms with Crippen molar-refractivity contribution in [3.63, 3.8) is 0 Å². The maximum absolute atomic E-state index is 12.5. The van der Waals surface area contributed by atoms with Gasteiger partial charge >= 0.3 is 0 Å². The maximum Gasteiger partial charge on any atom is 0.273 e. The van der Waals surface area contributed by atoms with Crippen LogP contribution >= 0.6 is 0 Å². The Morgan fingerprint density at radius 2 is 1.69 bits per heavy atom. The van der Waals surface area contributed by atoms with E-state index in [9.17, 15) is 14.7 Å². The van der Waals surface area contributed by atoms with Gasteiger partial charge in [-0.1, -0.05) is 42.5 Å². The van der Waals surface area contributed by atoms with E-state index in [0.717, 1.165) is 11.1 Å². The zero-order valence-corrected chi connectivity index (χ0v) is 15.6. The first kappa shape index (κ1) is 20.1. The minimum Gasteiger partial charge on any atom is -0.508 e. The second kappa shape index (κ2) is 9.03. The van der Waals surface area contributed by atoms with E-state index >= 15 is 0 Å². The van der Waals surface area contributed by atoms with Gasteiger partial charge in [0.1, 0.15) is 18.1 Å². The molecule has 150 valence electrons. The minimum atomic E-state index is -0.879. The third-order valence-corrected chi connectivity index (χ3v) is 4.40. The number of nitrogens with one attached hydrogen (secondary N) is 1. The Kier molecular flexibility index (Phi) is 6.25. The Morgan fingerprint density at radius 3 is 2.34 bits per heavy atom. The van der Waals surface area contributed by atoms with Gasteiger partial charge in [-0.15, -0.1) is 0 Å². The van der Waals surface area contributed by atoms with Crippen molar-refractivity contribution < 1.29 is 19.1 Å². The monoisotopic (exact) mass is 394 g/mol. The first-order chi connectivity index (χ1) is 13.9. The molecule has 0 fully saturated rings. The lowest BCUT2D eigenvalue weighted by molar-refractivity contribution is -0.119. The van der Waals surface area contributed by atoms with Crippen LogP contribution in [0.15, 0.2) is 65.3 Å². The number of phenolic OH excluding ortho intramolecular Hbond substituents is 1. The number of nitrogens with zero attached hydrogens (tertiary/aromatic N) is 1. The molecule has 0 radical (unpaired) electrons. The fourth-order valence-electron chi connectivity index (χ4n) is 2.84. The number of benzene rings is 2. The van der Waals surface area contributed by atoms with Crippen molar-refractivity contribution in [2.24, 2.45) is 11.5 Å². The summed E-state index contributed by atoms with van der Waals surface area (Å²) in [6.45, 7) is 0. The highest BCUT2D eigenvalue weighted by Gasteiger charge is 2.23. The van der Waals surface area contributed by atoms with Crippen LogP contribution in [-0.4, -0.2) is 27.9 Å². The number of carbonyl (C=O) groups excluding carboxylic acids is 2. The van der Waals surface area contributed by atoms with E-state index in [0.29, 0.717) is 6.42 Å². The fourth-order valence-corrected chi connectivity index (χ4v) is 2.84. The van der Waals surface area contributed by atoms with E-state index in [4.69, 9.17) is 15.9 Å². The number of amides is 2. The molecule has 1 heterocycles. The highest BCUT2D eigenvalue weighted by atomic mass is 16.3. The van der Waals surface area contributed by atoms with Crippen LogP contribution in [-0.2, 0) is 17.6 Å². The standard InChI is InChI=1S/C21H22N4O4/c22-16(10-14-6-8-15(26)9-7-14)21-25-18(12-29-21)20(28)24-17(19(23)27)11-13-4-2-1-3-5-13/h1-9,12,16-17,26H,10-11,22H2,(H2,23,27)(H,24,28). The predicted molar refractivity (Wildman–Crippen MR) is 106 cm³/mol. The summed E-state index contributed by atoms with van der Waals surface area (Å²) in [4.78, 5) is 28.3. The van der Waals surface area contributed by atoms with Crippen molar-refractivity contribution in [1.82, 2.24) is 10.3 Å². The number of rotatable bonds is 8. The predicted octanol–water partition coefficient (Wildman–Crippen LogP) is 1.45. The minimum absolute atomic E-state index is 0.0143. The lowest BCUT2D eigenvalue weighted by atomic mass is 10.1. The Labute approximate surface area is 167 Å². The van der Waals surface area contributed by atoms with Gasteiger partial charge in [-0.25, -0.2) is 4.98 Å². The third-order valence-electron chi connectivity index (χ3n) is 4.40. The van der Waals surface area contributed by atoms with E-state index in [1.165, 1.54) is 6.26 Å². The molecule has 0 bridgehead atoms. The van der Waals surface area contributed by atoms with Crippen molar-refractivity contribution >= 4 is 11.8 Å². The number of carbonyl (C=O) groups is 2. The van der Waals surface area contributed by atoms with E-state index in [2.05, 4.69) is 10.3 Å². The molecule has 0 aliphatic heterocycles. The molecule has 2 unspecified atom stereocenters. The molecule has 0 aliphatic carbocycles. The number of nitrogens with two attached hydrogens (primary N) is 2. The molecule has 3 rings (SSSR count). The van der Waals surface area contributed by atoms with E-state index < -0.39 is 23.9 Å². The van der Waals surface area contributed by atoms with Crippen molar-refractivity contribution in [2.75, 3.05) is 0 Å². The SMILES string of the molecule is NC(=O)C(Cc1ccccc1)NC(=O)c1coc(C(N)Cc2ccc(O)cc2)n1. The van der Waals surface area contributed by atoms with Gasteiger partial charge < -0.3 is 26.3 Å². The molecule has 0 saturated carbocycles. The molecule has 2 atom stereocenters. The number of phenols is 1. The second-order valence-electron chi connectivity index (χ2n) is 6.67. The molecule has 29 heavy (non-hydrogen) atoms. The number of oxazole rings is 1. The second-order valence-corrected chi connectivity index (χ2v) is 6.67. The first-order valence-electron chi connectivity index (χ1n) is 9.05. The Morgan fingerprint density at radius 1 is 1.03 bits per heavy atom. The fraction of sp³-hybridized carbons (Fsp3) is 0.190. The van der Waals surface area contributed by atoms with Crippen LogP contribution in [0.2, 0.25) is 0 Å². The summed E-state index contributed by atoms with van der Waals surface area (Å²) in [5.74, 6) is -0.856. The van der Waals surface area contributed by atoms with Gasteiger partial charge in [-0.3, -0.25) is 9.59 Å².